The van der Waals surface area contributed by atoms with Crippen LogP contribution in [-0.2, 0) is 9.53 Å². The number of aliphatic hydroxyl groups is 5. The van der Waals surface area contributed by atoms with Crippen LogP contribution in [0.15, 0.2) is 25.7 Å². The summed E-state index contributed by atoms with van der Waals surface area (Å²) < 4.78 is 4.36. The minimum absolute atomic E-state index is 0.767. The third-order valence-electron chi connectivity index (χ3n) is 1.58. The second kappa shape index (κ2) is 11.2. The molecule has 0 aliphatic heterocycles. The van der Waals surface area contributed by atoms with E-state index in [0.29, 0.717) is 0 Å². The maximum atomic E-state index is 10.5. The molecule has 0 aliphatic rings. The van der Waals surface area contributed by atoms with E-state index in [4.69, 9.17) is 25.5 Å². The molecule has 0 bridgehead atoms. The maximum Gasteiger partial charge on any atom is 0.189 e. The van der Waals surface area contributed by atoms with E-state index < -0.39 is 37.3 Å². The number of hydrogen-bond donors (Lipinski definition) is 5. The molecular formula is C10H18O7. The zero-order valence-electron chi connectivity index (χ0n) is 9.27. The molecule has 0 fully saturated rings. The Hall–Kier alpha value is -1.25. The first kappa shape index (κ1) is 18.1. The molecule has 0 spiro atoms. The number of carbonyl (C=O) groups excluding carboxylic acids is 1. The van der Waals surface area contributed by atoms with Crippen molar-refractivity contribution in [3.63, 3.8) is 0 Å². The van der Waals surface area contributed by atoms with E-state index in [2.05, 4.69) is 17.9 Å². The molecule has 0 aromatic heterocycles. The number of Topliss-reactive ketones (excluding diaryl/α,β-unsaturated/α-hetero) is 1. The standard InChI is InChI=1S/C6H12O6.C4H6O/c7-1-3(9)5(11)6(12)4(10)2-8;1-3-5-4-2/h3,5-9,11-12H,1-2H2;3-4H,1-2H2/t3-,5+,6+;/m1./s1. The maximum absolute atomic E-state index is 10.5. The Bertz CT molecular complexity index is 223. The lowest BCUT2D eigenvalue weighted by Crippen LogP contribution is -2.44. The SMILES string of the molecule is C=COC=C.O=C(CO)[C@H](O)[C@@H](O)[C@H](O)CO. The summed E-state index contributed by atoms with van der Waals surface area (Å²) in [5, 5.41) is 43.1. The molecule has 0 unspecified atom stereocenters. The van der Waals surface area contributed by atoms with Gasteiger partial charge in [-0.1, -0.05) is 13.2 Å². The van der Waals surface area contributed by atoms with Crippen molar-refractivity contribution in [3.8, 4) is 0 Å². The number of carbonyl (C=O) groups is 1. The lowest BCUT2D eigenvalue weighted by molar-refractivity contribution is -0.142. The van der Waals surface area contributed by atoms with Crippen LogP contribution in [0.3, 0.4) is 0 Å². The smallest absolute Gasteiger partial charge is 0.189 e. The highest BCUT2D eigenvalue weighted by molar-refractivity contribution is 5.84. The van der Waals surface area contributed by atoms with Crippen LogP contribution in [0.5, 0.6) is 0 Å². The summed E-state index contributed by atoms with van der Waals surface area (Å²) >= 11 is 0. The van der Waals surface area contributed by atoms with Crippen molar-refractivity contribution >= 4 is 5.78 Å². The Labute approximate surface area is 98.9 Å². The van der Waals surface area contributed by atoms with Crippen LogP contribution in [-0.4, -0.2) is 62.8 Å². The van der Waals surface area contributed by atoms with Gasteiger partial charge in [-0.2, -0.15) is 0 Å². The highest BCUT2D eigenvalue weighted by Gasteiger charge is 2.28. The van der Waals surface area contributed by atoms with E-state index in [0.717, 1.165) is 0 Å². The zero-order valence-corrected chi connectivity index (χ0v) is 9.27. The van der Waals surface area contributed by atoms with Crippen molar-refractivity contribution < 1.29 is 35.1 Å². The minimum atomic E-state index is -1.86. The van der Waals surface area contributed by atoms with Gasteiger partial charge in [0.1, 0.15) is 24.9 Å². The summed E-state index contributed by atoms with van der Waals surface area (Å²) in [5.41, 5.74) is 0. The van der Waals surface area contributed by atoms with Crippen molar-refractivity contribution in [2.75, 3.05) is 13.2 Å². The molecule has 5 N–H and O–H groups in total. The molecule has 0 heterocycles. The second-order valence-corrected chi connectivity index (χ2v) is 2.78. The van der Waals surface area contributed by atoms with Gasteiger partial charge in [0.05, 0.1) is 19.1 Å². The number of hydrogen-bond acceptors (Lipinski definition) is 7. The van der Waals surface area contributed by atoms with Gasteiger partial charge in [-0.15, -0.1) is 0 Å². The molecule has 0 radical (unpaired) electrons. The number of aliphatic hydroxyl groups excluding tert-OH is 5. The topological polar surface area (TPSA) is 127 Å². The lowest BCUT2D eigenvalue weighted by Gasteiger charge is -2.19. The molecule has 17 heavy (non-hydrogen) atoms. The average molecular weight is 250 g/mol. The van der Waals surface area contributed by atoms with Crippen LogP contribution in [0, 0.1) is 0 Å². The summed E-state index contributed by atoms with van der Waals surface area (Å²) in [6, 6.07) is 0. The number of ketones is 1. The summed E-state index contributed by atoms with van der Waals surface area (Å²) in [7, 11) is 0. The van der Waals surface area contributed by atoms with Gasteiger partial charge in [-0.25, -0.2) is 0 Å². The van der Waals surface area contributed by atoms with E-state index in [1.54, 1.807) is 0 Å². The van der Waals surface area contributed by atoms with Crippen molar-refractivity contribution in [1.82, 2.24) is 0 Å². The zero-order chi connectivity index (χ0) is 13.8. The quantitative estimate of drug-likeness (QED) is 0.328. The van der Waals surface area contributed by atoms with Gasteiger partial charge in [0, 0.05) is 0 Å². The largest absolute Gasteiger partial charge is 0.474 e. The van der Waals surface area contributed by atoms with Gasteiger partial charge in [0.2, 0.25) is 0 Å². The Balaban J connectivity index is 0. The summed E-state index contributed by atoms with van der Waals surface area (Å²) in [5.74, 6) is -1.00. The van der Waals surface area contributed by atoms with Gasteiger partial charge < -0.3 is 30.3 Å². The molecule has 0 amide bonds. The Morgan fingerprint density at radius 1 is 1.18 bits per heavy atom. The van der Waals surface area contributed by atoms with Crippen LogP contribution in [0.4, 0.5) is 0 Å². The molecule has 0 aromatic carbocycles. The third-order valence-corrected chi connectivity index (χ3v) is 1.58. The Kier molecular flexibility index (Phi) is 12.0. The minimum Gasteiger partial charge on any atom is -0.474 e. The van der Waals surface area contributed by atoms with Crippen molar-refractivity contribution in [1.29, 1.82) is 0 Å². The van der Waals surface area contributed by atoms with E-state index in [9.17, 15) is 4.79 Å². The molecule has 0 aromatic rings. The Morgan fingerprint density at radius 2 is 1.65 bits per heavy atom. The van der Waals surface area contributed by atoms with Crippen molar-refractivity contribution in [2.24, 2.45) is 0 Å². The molecular weight excluding hydrogens is 232 g/mol. The van der Waals surface area contributed by atoms with Crippen LogP contribution in [0.25, 0.3) is 0 Å². The van der Waals surface area contributed by atoms with Crippen LogP contribution in [0.2, 0.25) is 0 Å². The van der Waals surface area contributed by atoms with E-state index in [-0.39, 0.29) is 0 Å². The Morgan fingerprint density at radius 3 is 1.88 bits per heavy atom. The number of rotatable bonds is 7. The van der Waals surface area contributed by atoms with Gasteiger partial charge >= 0.3 is 0 Å². The predicted molar refractivity (Wildman–Crippen MR) is 58.7 cm³/mol. The number of ether oxygens (including phenoxy) is 1. The molecule has 0 rings (SSSR count). The molecule has 0 saturated heterocycles. The summed E-state index contributed by atoms with van der Waals surface area (Å²) in [4.78, 5) is 10.5. The molecule has 0 saturated carbocycles. The predicted octanol–water partition coefficient (Wildman–Crippen LogP) is -2.09. The summed E-state index contributed by atoms with van der Waals surface area (Å²) in [6.07, 6.45) is -2.60. The van der Waals surface area contributed by atoms with Crippen molar-refractivity contribution in [3.05, 3.63) is 25.7 Å². The highest BCUT2D eigenvalue weighted by atomic mass is 16.5. The van der Waals surface area contributed by atoms with Gasteiger partial charge in [-0.3, -0.25) is 4.79 Å². The summed E-state index contributed by atoms with van der Waals surface area (Å²) in [6.45, 7) is 4.83. The molecule has 7 heteroatoms. The van der Waals surface area contributed by atoms with Gasteiger partial charge in [-0.05, 0) is 0 Å². The molecule has 3 atom stereocenters. The van der Waals surface area contributed by atoms with Crippen LogP contribution in [0.1, 0.15) is 0 Å². The van der Waals surface area contributed by atoms with Crippen molar-refractivity contribution in [2.45, 2.75) is 18.3 Å². The average Bonchev–Trinajstić information content (AvgIpc) is 2.36. The lowest BCUT2D eigenvalue weighted by atomic mass is 10.1. The van der Waals surface area contributed by atoms with Gasteiger partial charge in [0.25, 0.3) is 0 Å². The fourth-order valence-corrected chi connectivity index (χ4v) is 0.670. The van der Waals surface area contributed by atoms with E-state index in [1.165, 1.54) is 12.5 Å². The van der Waals surface area contributed by atoms with Gasteiger partial charge in [0.15, 0.2) is 5.78 Å². The second-order valence-electron chi connectivity index (χ2n) is 2.78. The normalized spacial score (nSPS) is 14.6. The molecule has 0 aliphatic carbocycles. The first-order chi connectivity index (χ1) is 7.95. The van der Waals surface area contributed by atoms with E-state index >= 15 is 0 Å². The fourth-order valence-electron chi connectivity index (χ4n) is 0.670. The first-order valence-electron chi connectivity index (χ1n) is 4.62. The fraction of sp³-hybridized carbons (Fsp3) is 0.500. The van der Waals surface area contributed by atoms with Crippen LogP contribution < -0.4 is 0 Å². The highest BCUT2D eigenvalue weighted by Crippen LogP contribution is 2.00. The van der Waals surface area contributed by atoms with E-state index in [1.807, 2.05) is 0 Å². The van der Waals surface area contributed by atoms with Crippen LogP contribution >= 0.6 is 0 Å². The first-order valence-corrected chi connectivity index (χ1v) is 4.62. The third kappa shape index (κ3) is 8.55. The monoisotopic (exact) mass is 250 g/mol. The molecule has 7 nitrogen and oxygen atoms in total. The molecule has 100 valence electrons.